The summed E-state index contributed by atoms with van der Waals surface area (Å²) < 4.78 is 24.6. The molecule has 0 saturated carbocycles. The van der Waals surface area contributed by atoms with Crippen LogP contribution in [0.2, 0.25) is 10.0 Å². The fraction of sp³-hybridized carbons (Fsp3) is 0.542. The summed E-state index contributed by atoms with van der Waals surface area (Å²) in [4.78, 5) is 14.2. The van der Waals surface area contributed by atoms with Gasteiger partial charge in [-0.15, -0.1) is 0 Å². The molecule has 1 aromatic carbocycles. The molecular weight excluding hydrogens is 521 g/mol. The van der Waals surface area contributed by atoms with Crippen molar-refractivity contribution in [1.82, 2.24) is 24.6 Å². The third kappa shape index (κ3) is 5.33. The number of nitrogens with zero attached hydrogens (tertiary/aromatic N) is 6. The Kier molecular flexibility index (Phi) is 7.17. The number of benzene rings is 1. The number of aryl methyl sites for hydroxylation is 1. The number of aromatic nitrogens is 4. The SMILES string of the molecule is Cc1nn(C(C)c2ccc(Cl)cc2Cl)c2nc(N3CC(C4CCCN(CCS(N)(=O)=O)C4)C3)cnc12. The Bertz CT molecular complexity index is 1370. The van der Waals surface area contributed by atoms with Gasteiger partial charge >= 0.3 is 0 Å². The van der Waals surface area contributed by atoms with Gasteiger partial charge < -0.3 is 9.80 Å². The molecule has 0 amide bonds. The molecule has 36 heavy (non-hydrogen) atoms. The summed E-state index contributed by atoms with van der Waals surface area (Å²) in [7, 11) is -3.43. The lowest BCUT2D eigenvalue weighted by molar-refractivity contribution is 0.125. The van der Waals surface area contributed by atoms with Crippen LogP contribution in [0.15, 0.2) is 24.4 Å². The van der Waals surface area contributed by atoms with Gasteiger partial charge in [0.25, 0.3) is 0 Å². The number of anilines is 1. The molecule has 2 aromatic heterocycles. The molecule has 3 aromatic rings. The van der Waals surface area contributed by atoms with Crippen LogP contribution in [-0.2, 0) is 10.0 Å². The van der Waals surface area contributed by atoms with E-state index in [1.54, 1.807) is 6.07 Å². The van der Waals surface area contributed by atoms with Crippen molar-refractivity contribution in [2.75, 3.05) is 43.4 Å². The highest BCUT2D eigenvalue weighted by atomic mass is 35.5. The molecule has 194 valence electrons. The first-order valence-electron chi connectivity index (χ1n) is 12.2. The van der Waals surface area contributed by atoms with Crippen LogP contribution in [0.4, 0.5) is 5.82 Å². The zero-order chi connectivity index (χ0) is 25.6. The van der Waals surface area contributed by atoms with Gasteiger partial charge in [0.15, 0.2) is 5.65 Å². The van der Waals surface area contributed by atoms with Crippen LogP contribution in [0, 0.1) is 18.8 Å². The van der Waals surface area contributed by atoms with E-state index in [1.165, 1.54) is 6.42 Å². The van der Waals surface area contributed by atoms with Crippen molar-refractivity contribution in [3.8, 4) is 0 Å². The third-order valence-electron chi connectivity index (χ3n) is 7.47. The molecule has 0 aliphatic carbocycles. The average Bonchev–Trinajstić information content (AvgIpc) is 3.12. The molecule has 0 radical (unpaired) electrons. The first-order chi connectivity index (χ1) is 17.1. The Labute approximate surface area is 221 Å². The number of likely N-dealkylation sites (tertiary alicyclic amines) is 1. The first-order valence-corrected chi connectivity index (χ1v) is 14.7. The Morgan fingerprint density at radius 3 is 2.69 bits per heavy atom. The molecule has 0 bridgehead atoms. The zero-order valence-corrected chi connectivity index (χ0v) is 22.8. The molecule has 12 heteroatoms. The number of sulfonamides is 1. The van der Waals surface area contributed by atoms with E-state index in [2.05, 4.69) is 9.80 Å². The second kappa shape index (κ2) is 10.1. The lowest BCUT2D eigenvalue weighted by atomic mass is 9.80. The molecule has 0 spiro atoms. The van der Waals surface area contributed by atoms with Crippen LogP contribution in [0.1, 0.15) is 37.1 Å². The molecule has 2 unspecified atom stereocenters. The van der Waals surface area contributed by atoms with Crippen molar-refractivity contribution in [1.29, 1.82) is 0 Å². The van der Waals surface area contributed by atoms with Gasteiger partial charge in [0, 0.05) is 36.2 Å². The average molecular weight is 553 g/mol. The first kappa shape index (κ1) is 25.7. The van der Waals surface area contributed by atoms with E-state index in [-0.39, 0.29) is 11.8 Å². The highest BCUT2D eigenvalue weighted by Crippen LogP contribution is 2.35. The predicted molar refractivity (Wildman–Crippen MR) is 143 cm³/mol. The van der Waals surface area contributed by atoms with Crippen molar-refractivity contribution < 1.29 is 8.42 Å². The fourth-order valence-electron chi connectivity index (χ4n) is 5.37. The molecule has 5 rings (SSSR count). The van der Waals surface area contributed by atoms with E-state index in [4.69, 9.17) is 43.4 Å². The number of primary sulfonamides is 1. The van der Waals surface area contributed by atoms with Crippen molar-refractivity contribution in [3.05, 3.63) is 45.7 Å². The second-order valence-corrected chi connectivity index (χ2v) is 12.6. The van der Waals surface area contributed by atoms with Crippen molar-refractivity contribution in [3.63, 3.8) is 0 Å². The van der Waals surface area contributed by atoms with Gasteiger partial charge in [-0.05, 0) is 62.8 Å². The van der Waals surface area contributed by atoms with Crippen molar-refractivity contribution >= 4 is 50.2 Å². The second-order valence-electron chi connectivity index (χ2n) is 10.0. The molecular formula is C24H31Cl2N7O2S. The summed E-state index contributed by atoms with van der Waals surface area (Å²) in [5.74, 6) is 1.96. The van der Waals surface area contributed by atoms with Gasteiger partial charge in [-0.25, -0.2) is 28.2 Å². The number of nitrogens with two attached hydrogens (primary N) is 1. The van der Waals surface area contributed by atoms with Gasteiger partial charge in [0.1, 0.15) is 11.3 Å². The molecule has 9 nitrogen and oxygen atoms in total. The number of hydrogen-bond donors (Lipinski definition) is 1. The highest BCUT2D eigenvalue weighted by Gasteiger charge is 2.37. The lowest BCUT2D eigenvalue weighted by Crippen LogP contribution is -2.54. The monoisotopic (exact) mass is 551 g/mol. The van der Waals surface area contributed by atoms with Crippen LogP contribution in [0.25, 0.3) is 11.2 Å². The number of hydrogen-bond acceptors (Lipinski definition) is 7. The van der Waals surface area contributed by atoms with E-state index < -0.39 is 10.0 Å². The molecule has 2 atom stereocenters. The fourth-order valence-corrected chi connectivity index (χ4v) is 6.45. The van der Waals surface area contributed by atoms with Crippen molar-refractivity contribution in [2.45, 2.75) is 32.7 Å². The summed E-state index contributed by atoms with van der Waals surface area (Å²) >= 11 is 12.6. The van der Waals surface area contributed by atoms with Gasteiger partial charge in [0.05, 0.1) is 23.7 Å². The van der Waals surface area contributed by atoms with Crippen molar-refractivity contribution in [2.24, 2.45) is 17.0 Å². The van der Waals surface area contributed by atoms with E-state index in [9.17, 15) is 8.42 Å². The van der Waals surface area contributed by atoms with Gasteiger partial charge in [-0.2, -0.15) is 5.10 Å². The highest BCUT2D eigenvalue weighted by molar-refractivity contribution is 7.89. The summed E-state index contributed by atoms with van der Waals surface area (Å²) in [6.45, 7) is 8.17. The number of piperidine rings is 1. The topological polar surface area (TPSA) is 110 Å². The van der Waals surface area contributed by atoms with Crippen LogP contribution < -0.4 is 10.0 Å². The summed E-state index contributed by atoms with van der Waals surface area (Å²) in [5, 5.41) is 11.1. The lowest BCUT2D eigenvalue weighted by Gasteiger charge is -2.47. The Hall–Kier alpha value is -1.98. The molecule has 2 fully saturated rings. The normalized spacial score (nSPS) is 20.6. The van der Waals surface area contributed by atoms with E-state index in [0.717, 1.165) is 60.8 Å². The predicted octanol–water partition coefficient (Wildman–Crippen LogP) is 3.49. The quantitative estimate of drug-likeness (QED) is 0.478. The van der Waals surface area contributed by atoms with Crippen LogP contribution in [-0.4, -0.2) is 71.5 Å². The summed E-state index contributed by atoms with van der Waals surface area (Å²) in [6.07, 6.45) is 4.08. The maximum absolute atomic E-state index is 11.3. The third-order valence-corrected chi connectivity index (χ3v) is 8.79. The van der Waals surface area contributed by atoms with E-state index in [0.29, 0.717) is 28.4 Å². The molecule has 2 aliphatic heterocycles. The van der Waals surface area contributed by atoms with Crippen LogP contribution in [0.3, 0.4) is 0 Å². The molecule has 2 saturated heterocycles. The number of rotatable bonds is 7. The summed E-state index contributed by atoms with van der Waals surface area (Å²) in [5.41, 5.74) is 3.26. The number of halogens is 2. The van der Waals surface area contributed by atoms with Gasteiger partial charge in [0.2, 0.25) is 10.0 Å². The Morgan fingerprint density at radius 2 is 1.97 bits per heavy atom. The largest absolute Gasteiger partial charge is 0.355 e. The summed E-state index contributed by atoms with van der Waals surface area (Å²) in [6, 6.07) is 5.36. The standard InChI is InChI=1S/C24H31Cl2N7O2S/c1-15-23-24(33(30-15)16(2)20-6-5-19(25)10-21(20)26)29-22(11-28-23)32-13-18(14-32)17-4-3-7-31(12-17)8-9-36(27,34)35/h5-6,10-11,16-18H,3-4,7-9,12-14H2,1-2H3,(H2,27,34,35). The van der Waals surface area contributed by atoms with E-state index in [1.807, 2.05) is 36.9 Å². The minimum absolute atomic E-state index is 0.0128. The van der Waals surface area contributed by atoms with Gasteiger partial charge in [-0.3, -0.25) is 0 Å². The van der Waals surface area contributed by atoms with Gasteiger partial charge in [-0.1, -0.05) is 29.3 Å². The zero-order valence-electron chi connectivity index (χ0n) is 20.4. The van der Waals surface area contributed by atoms with E-state index >= 15 is 0 Å². The number of fused-ring (bicyclic) bond motifs is 1. The smallest absolute Gasteiger partial charge is 0.210 e. The van der Waals surface area contributed by atoms with Crippen LogP contribution in [0.5, 0.6) is 0 Å². The minimum Gasteiger partial charge on any atom is -0.355 e. The maximum atomic E-state index is 11.3. The van der Waals surface area contributed by atoms with Crippen LogP contribution >= 0.6 is 23.2 Å². The molecule has 4 heterocycles. The minimum atomic E-state index is -3.43. The Balaban J connectivity index is 1.29. The Morgan fingerprint density at radius 1 is 1.19 bits per heavy atom. The molecule has 2 aliphatic rings. The maximum Gasteiger partial charge on any atom is 0.210 e. The molecule has 2 N–H and O–H groups in total.